The standard InChI is InChI=1S/C22H25N3O3/c26-20-13-17(5-9-23-20)21-18-4-2-1-3-15(18)8-12-25(21)22(27)28-19-14-24-10-6-16(19)7-11-24/h1-5,9,13,16,19,21H,6-8,10-12,14H2,(H,23,26)/t19-,21+/m1/s1. The summed E-state index contributed by atoms with van der Waals surface area (Å²) in [5, 5.41) is 0. The molecule has 5 heterocycles. The second-order valence-electron chi connectivity index (χ2n) is 8.09. The van der Waals surface area contributed by atoms with Crippen LogP contribution in [0.25, 0.3) is 0 Å². The van der Waals surface area contributed by atoms with Crippen molar-refractivity contribution in [1.82, 2.24) is 14.8 Å². The molecule has 28 heavy (non-hydrogen) atoms. The summed E-state index contributed by atoms with van der Waals surface area (Å²) in [6.45, 7) is 3.67. The van der Waals surface area contributed by atoms with Crippen molar-refractivity contribution in [3.8, 4) is 0 Å². The van der Waals surface area contributed by atoms with Gasteiger partial charge in [0.1, 0.15) is 6.10 Å². The number of H-pyrrole nitrogens is 1. The van der Waals surface area contributed by atoms with E-state index in [4.69, 9.17) is 4.74 Å². The van der Waals surface area contributed by atoms with Crippen LogP contribution in [0.2, 0.25) is 0 Å². The lowest BCUT2D eigenvalue weighted by Crippen LogP contribution is -2.53. The summed E-state index contributed by atoms with van der Waals surface area (Å²) >= 11 is 0. The number of hydrogen-bond donors (Lipinski definition) is 1. The van der Waals surface area contributed by atoms with Crippen LogP contribution in [0.3, 0.4) is 0 Å². The first kappa shape index (κ1) is 17.5. The first-order valence-corrected chi connectivity index (χ1v) is 10.1. The smallest absolute Gasteiger partial charge is 0.410 e. The molecule has 0 spiro atoms. The van der Waals surface area contributed by atoms with E-state index in [-0.39, 0.29) is 23.8 Å². The number of aromatic nitrogens is 1. The predicted octanol–water partition coefficient (Wildman–Crippen LogP) is 2.55. The van der Waals surface area contributed by atoms with Crippen LogP contribution in [0.1, 0.15) is 35.6 Å². The number of rotatable bonds is 2. The van der Waals surface area contributed by atoms with Crippen molar-refractivity contribution >= 4 is 6.09 Å². The number of fused-ring (bicyclic) bond motifs is 4. The summed E-state index contributed by atoms with van der Waals surface area (Å²) in [6.07, 6.45) is 4.37. The van der Waals surface area contributed by atoms with Crippen molar-refractivity contribution in [2.45, 2.75) is 31.4 Å². The molecule has 0 saturated carbocycles. The van der Waals surface area contributed by atoms with Crippen molar-refractivity contribution in [2.75, 3.05) is 26.2 Å². The average Bonchev–Trinajstić information content (AvgIpc) is 2.73. The molecule has 0 radical (unpaired) electrons. The van der Waals surface area contributed by atoms with Crippen LogP contribution in [-0.4, -0.2) is 53.2 Å². The number of benzene rings is 1. The molecular formula is C22H25N3O3. The normalized spacial score (nSPS) is 28.6. The number of carbonyl (C=O) groups excluding carboxylic acids is 1. The summed E-state index contributed by atoms with van der Waals surface area (Å²) in [6, 6.07) is 11.3. The van der Waals surface area contributed by atoms with Crippen molar-refractivity contribution in [2.24, 2.45) is 5.92 Å². The molecule has 4 aliphatic rings. The number of ether oxygens (including phenoxy) is 1. The first-order chi connectivity index (χ1) is 13.7. The fraction of sp³-hybridized carbons (Fsp3) is 0.455. The van der Waals surface area contributed by atoms with Gasteiger partial charge in [-0.15, -0.1) is 0 Å². The van der Waals surface area contributed by atoms with Gasteiger partial charge in [-0.05, 0) is 61.0 Å². The second kappa shape index (κ2) is 7.09. The SMILES string of the molecule is O=C(O[C@@H]1CN2CCC1CC2)N1CCc2ccccc2[C@@H]1c1cc[nH]c(=O)c1. The van der Waals surface area contributed by atoms with Crippen molar-refractivity contribution in [1.29, 1.82) is 0 Å². The maximum Gasteiger partial charge on any atom is 0.410 e. The topological polar surface area (TPSA) is 65.6 Å². The van der Waals surface area contributed by atoms with Crippen LogP contribution in [0, 0.1) is 5.92 Å². The molecule has 0 aliphatic carbocycles. The van der Waals surface area contributed by atoms with Crippen LogP contribution in [0.15, 0.2) is 47.4 Å². The molecule has 1 amide bonds. The molecule has 6 nitrogen and oxygen atoms in total. The molecule has 4 aliphatic heterocycles. The molecule has 2 atom stereocenters. The Morgan fingerprint density at radius 1 is 1.11 bits per heavy atom. The van der Waals surface area contributed by atoms with Gasteiger partial charge in [0.15, 0.2) is 0 Å². The number of amides is 1. The highest BCUT2D eigenvalue weighted by Gasteiger charge is 2.39. The molecule has 3 saturated heterocycles. The van der Waals surface area contributed by atoms with Gasteiger partial charge in [0, 0.05) is 25.4 Å². The lowest BCUT2D eigenvalue weighted by molar-refractivity contribution is -0.0462. The predicted molar refractivity (Wildman–Crippen MR) is 105 cm³/mol. The van der Waals surface area contributed by atoms with E-state index in [0.717, 1.165) is 50.0 Å². The largest absolute Gasteiger partial charge is 0.444 e. The minimum atomic E-state index is -0.291. The molecule has 0 unspecified atom stereocenters. The number of piperidine rings is 3. The van der Waals surface area contributed by atoms with Gasteiger partial charge < -0.3 is 9.72 Å². The van der Waals surface area contributed by atoms with Crippen molar-refractivity contribution in [3.63, 3.8) is 0 Å². The van der Waals surface area contributed by atoms with Gasteiger partial charge >= 0.3 is 6.09 Å². The van der Waals surface area contributed by atoms with Crippen LogP contribution in [-0.2, 0) is 11.2 Å². The maximum atomic E-state index is 13.2. The van der Waals surface area contributed by atoms with Crippen LogP contribution in [0.4, 0.5) is 4.79 Å². The van der Waals surface area contributed by atoms with Crippen molar-refractivity contribution < 1.29 is 9.53 Å². The highest BCUT2D eigenvalue weighted by atomic mass is 16.6. The third kappa shape index (κ3) is 3.11. The van der Waals surface area contributed by atoms with Crippen LogP contribution < -0.4 is 5.56 Å². The molecule has 2 bridgehead atoms. The van der Waals surface area contributed by atoms with E-state index in [9.17, 15) is 9.59 Å². The summed E-state index contributed by atoms with van der Waals surface area (Å²) in [7, 11) is 0. The number of pyridine rings is 1. The summed E-state index contributed by atoms with van der Waals surface area (Å²) in [5.74, 6) is 0.476. The number of nitrogens with one attached hydrogen (secondary N) is 1. The maximum absolute atomic E-state index is 13.2. The van der Waals surface area contributed by atoms with E-state index in [1.54, 1.807) is 17.2 Å². The number of carbonyl (C=O) groups is 1. The van der Waals surface area contributed by atoms with E-state index in [1.165, 1.54) is 5.56 Å². The van der Waals surface area contributed by atoms with Gasteiger partial charge in [0.2, 0.25) is 5.56 Å². The van der Waals surface area contributed by atoms with Gasteiger partial charge in [-0.2, -0.15) is 0 Å². The molecule has 2 aromatic rings. The average molecular weight is 379 g/mol. The van der Waals surface area contributed by atoms with E-state index >= 15 is 0 Å². The van der Waals surface area contributed by atoms with Gasteiger partial charge in [-0.3, -0.25) is 14.6 Å². The third-order valence-corrected chi connectivity index (χ3v) is 6.48. The van der Waals surface area contributed by atoms with E-state index in [2.05, 4.69) is 22.0 Å². The number of aromatic amines is 1. The fourth-order valence-corrected chi connectivity index (χ4v) is 5.00. The van der Waals surface area contributed by atoms with E-state index < -0.39 is 0 Å². The zero-order valence-electron chi connectivity index (χ0n) is 15.8. The zero-order chi connectivity index (χ0) is 19.1. The quantitative estimate of drug-likeness (QED) is 0.871. The minimum absolute atomic E-state index is 0.0213. The van der Waals surface area contributed by atoms with E-state index in [0.29, 0.717) is 12.5 Å². The highest BCUT2D eigenvalue weighted by Crippen LogP contribution is 2.36. The molecule has 6 rings (SSSR count). The minimum Gasteiger partial charge on any atom is -0.444 e. The second-order valence-corrected chi connectivity index (χ2v) is 8.09. The fourth-order valence-electron chi connectivity index (χ4n) is 5.00. The van der Waals surface area contributed by atoms with Crippen LogP contribution in [0.5, 0.6) is 0 Å². The van der Waals surface area contributed by atoms with Gasteiger partial charge in [0.25, 0.3) is 0 Å². The molecule has 3 fully saturated rings. The lowest BCUT2D eigenvalue weighted by Gasteiger charge is -2.45. The monoisotopic (exact) mass is 379 g/mol. The Kier molecular flexibility index (Phi) is 4.43. The molecule has 6 heteroatoms. The van der Waals surface area contributed by atoms with Crippen LogP contribution >= 0.6 is 0 Å². The van der Waals surface area contributed by atoms with Gasteiger partial charge in [0.05, 0.1) is 6.04 Å². The molecular weight excluding hydrogens is 354 g/mol. The Morgan fingerprint density at radius 3 is 2.68 bits per heavy atom. The Hall–Kier alpha value is -2.60. The molecule has 146 valence electrons. The number of nitrogens with zero attached hydrogens (tertiary/aromatic N) is 2. The molecule has 1 N–H and O–H groups in total. The van der Waals surface area contributed by atoms with E-state index in [1.807, 2.05) is 18.2 Å². The Labute approximate surface area is 164 Å². The lowest BCUT2D eigenvalue weighted by atomic mass is 9.86. The summed E-state index contributed by atoms with van der Waals surface area (Å²) in [4.78, 5) is 32.0. The Balaban J connectivity index is 1.45. The third-order valence-electron chi connectivity index (χ3n) is 6.48. The van der Waals surface area contributed by atoms with Gasteiger partial charge in [-0.25, -0.2) is 4.79 Å². The first-order valence-electron chi connectivity index (χ1n) is 10.1. The van der Waals surface area contributed by atoms with Gasteiger partial charge in [-0.1, -0.05) is 24.3 Å². The Morgan fingerprint density at radius 2 is 1.93 bits per heavy atom. The number of hydrogen-bond acceptors (Lipinski definition) is 4. The summed E-state index contributed by atoms with van der Waals surface area (Å²) in [5.41, 5.74) is 2.96. The molecule has 1 aromatic heterocycles. The van der Waals surface area contributed by atoms with Crippen molar-refractivity contribution in [3.05, 3.63) is 69.6 Å². The molecule has 1 aromatic carbocycles. The summed E-state index contributed by atoms with van der Waals surface area (Å²) < 4.78 is 6.02. The zero-order valence-corrected chi connectivity index (χ0v) is 15.8. The Bertz CT molecular complexity index is 932. The highest BCUT2D eigenvalue weighted by molar-refractivity contribution is 5.70.